The number of carboxylic acid groups (broad SMARTS) is 1. The highest BCUT2D eigenvalue weighted by Gasteiger charge is 2.36. The van der Waals surface area contributed by atoms with Gasteiger partial charge in [-0.1, -0.05) is 30.3 Å². The summed E-state index contributed by atoms with van der Waals surface area (Å²) in [4.78, 5) is 62.2. The van der Waals surface area contributed by atoms with Crippen LogP contribution in [0, 0.1) is 0 Å². The van der Waals surface area contributed by atoms with Crippen molar-refractivity contribution in [1.82, 2.24) is 10.4 Å². The van der Waals surface area contributed by atoms with Gasteiger partial charge in [0.05, 0.1) is 6.42 Å². The zero-order valence-electron chi connectivity index (χ0n) is 13.5. The molecule has 10 nitrogen and oxygen atoms in total. The average molecular weight is 364 g/mol. The van der Waals surface area contributed by atoms with Gasteiger partial charge in [0.25, 0.3) is 11.8 Å². The number of hydrogen-bond donors (Lipinski definition) is 2. The smallest absolute Gasteiger partial charge is 0.408 e. The molecule has 2 rings (SSSR count). The van der Waals surface area contributed by atoms with E-state index in [2.05, 4.69) is 10.2 Å². The summed E-state index contributed by atoms with van der Waals surface area (Å²) in [5, 5.41) is 11.2. The maximum absolute atomic E-state index is 12.0. The molecule has 1 atom stereocenters. The lowest BCUT2D eigenvalue weighted by Gasteiger charge is -2.18. The quantitative estimate of drug-likeness (QED) is 0.661. The van der Waals surface area contributed by atoms with Gasteiger partial charge in [0.1, 0.15) is 12.6 Å². The second-order valence-electron chi connectivity index (χ2n) is 5.35. The monoisotopic (exact) mass is 364 g/mol. The number of ether oxygens (including phenoxy) is 1. The van der Waals surface area contributed by atoms with Crippen molar-refractivity contribution in [3.63, 3.8) is 0 Å². The van der Waals surface area contributed by atoms with Crippen molar-refractivity contribution in [2.75, 3.05) is 0 Å². The molecule has 2 N–H and O–H groups in total. The Hall–Kier alpha value is -3.43. The molecule has 1 aromatic rings. The molecular formula is C16H16N2O8. The molecule has 0 saturated carbocycles. The number of carboxylic acids is 1. The Morgan fingerprint density at radius 3 is 2.31 bits per heavy atom. The van der Waals surface area contributed by atoms with Crippen molar-refractivity contribution in [3.05, 3.63) is 35.9 Å². The molecule has 1 heterocycles. The van der Waals surface area contributed by atoms with Crippen molar-refractivity contribution < 1.29 is 38.7 Å². The first-order valence-corrected chi connectivity index (χ1v) is 7.63. The topological polar surface area (TPSA) is 139 Å². The van der Waals surface area contributed by atoms with E-state index in [0.717, 1.165) is 0 Å². The third-order valence-electron chi connectivity index (χ3n) is 3.36. The highest BCUT2D eigenvalue weighted by molar-refractivity contribution is 6.02. The average Bonchev–Trinajstić information content (AvgIpc) is 2.92. The van der Waals surface area contributed by atoms with Crippen LogP contribution in [0.1, 0.15) is 24.8 Å². The van der Waals surface area contributed by atoms with Crippen LogP contribution in [0.2, 0.25) is 0 Å². The largest absolute Gasteiger partial charge is 0.481 e. The SMILES string of the molecule is O=C(O)CC(NC(=O)OCc1ccccc1)C(=O)ON1C(=O)CCC1=O. The number of carbonyl (C=O) groups is 5. The highest BCUT2D eigenvalue weighted by Crippen LogP contribution is 2.13. The van der Waals surface area contributed by atoms with Gasteiger partial charge in [-0.05, 0) is 5.56 Å². The Morgan fingerprint density at radius 1 is 1.12 bits per heavy atom. The van der Waals surface area contributed by atoms with Gasteiger partial charge in [0.15, 0.2) is 0 Å². The number of alkyl carbamates (subject to hydrolysis) is 1. The van der Waals surface area contributed by atoms with Gasteiger partial charge in [-0.25, -0.2) is 9.59 Å². The third kappa shape index (κ3) is 5.30. The number of carbonyl (C=O) groups excluding carboxylic acids is 4. The van der Waals surface area contributed by atoms with E-state index in [4.69, 9.17) is 9.84 Å². The molecule has 1 fully saturated rings. The fraction of sp³-hybridized carbons (Fsp3) is 0.312. The molecule has 1 saturated heterocycles. The lowest BCUT2D eigenvalue weighted by atomic mass is 10.2. The normalized spacial score (nSPS) is 14.7. The van der Waals surface area contributed by atoms with Crippen molar-refractivity contribution in [2.45, 2.75) is 31.9 Å². The lowest BCUT2D eigenvalue weighted by Crippen LogP contribution is -2.46. The first kappa shape index (κ1) is 18.9. The highest BCUT2D eigenvalue weighted by atomic mass is 16.7. The van der Waals surface area contributed by atoms with Crippen LogP contribution in [0.3, 0.4) is 0 Å². The molecule has 1 aliphatic heterocycles. The van der Waals surface area contributed by atoms with Gasteiger partial charge in [-0.15, -0.1) is 5.06 Å². The van der Waals surface area contributed by atoms with Crippen molar-refractivity contribution in [2.24, 2.45) is 0 Å². The van der Waals surface area contributed by atoms with E-state index in [9.17, 15) is 24.0 Å². The number of hydrogen-bond acceptors (Lipinski definition) is 7. The molecular weight excluding hydrogens is 348 g/mol. The predicted octanol–water partition coefficient (Wildman–Crippen LogP) is 0.363. The number of amides is 3. The molecule has 0 radical (unpaired) electrons. The number of aliphatic carboxylic acids is 1. The Kier molecular flexibility index (Phi) is 6.25. The summed E-state index contributed by atoms with van der Waals surface area (Å²) in [7, 11) is 0. The summed E-state index contributed by atoms with van der Waals surface area (Å²) in [5.74, 6) is -4.09. The van der Waals surface area contributed by atoms with Crippen LogP contribution < -0.4 is 5.32 Å². The minimum Gasteiger partial charge on any atom is -0.481 e. The van der Waals surface area contributed by atoms with Gasteiger partial charge in [-0.3, -0.25) is 14.4 Å². The van der Waals surface area contributed by atoms with Crippen molar-refractivity contribution >= 4 is 29.8 Å². The van der Waals surface area contributed by atoms with Gasteiger partial charge < -0.3 is 20.0 Å². The number of rotatable bonds is 7. The second kappa shape index (κ2) is 8.60. The van der Waals surface area contributed by atoms with Gasteiger partial charge in [0, 0.05) is 12.8 Å². The first-order valence-electron chi connectivity index (χ1n) is 7.63. The molecule has 0 aromatic heterocycles. The van der Waals surface area contributed by atoms with E-state index in [1.54, 1.807) is 30.3 Å². The number of hydroxylamine groups is 2. The molecule has 1 aromatic carbocycles. The maximum atomic E-state index is 12.0. The van der Waals surface area contributed by atoms with Gasteiger partial charge >= 0.3 is 18.0 Å². The maximum Gasteiger partial charge on any atom is 0.408 e. The van der Waals surface area contributed by atoms with E-state index in [1.165, 1.54) is 0 Å². The minimum atomic E-state index is -1.63. The molecule has 1 unspecified atom stereocenters. The van der Waals surface area contributed by atoms with Crippen LogP contribution in [0.15, 0.2) is 30.3 Å². The van der Waals surface area contributed by atoms with E-state index < -0.39 is 42.3 Å². The summed E-state index contributed by atoms with van der Waals surface area (Å²) < 4.78 is 4.90. The van der Waals surface area contributed by atoms with Crippen LogP contribution in [0.5, 0.6) is 0 Å². The second-order valence-corrected chi connectivity index (χ2v) is 5.35. The van der Waals surface area contributed by atoms with E-state index in [-0.39, 0.29) is 24.5 Å². The number of imide groups is 1. The summed E-state index contributed by atoms with van der Waals surface area (Å²) >= 11 is 0. The molecule has 1 aliphatic rings. The number of benzene rings is 1. The molecule has 10 heteroatoms. The number of nitrogens with one attached hydrogen (secondary N) is 1. The molecule has 138 valence electrons. The van der Waals surface area contributed by atoms with E-state index in [0.29, 0.717) is 5.56 Å². The van der Waals surface area contributed by atoms with Crippen LogP contribution in [-0.2, 0) is 35.4 Å². The van der Waals surface area contributed by atoms with E-state index >= 15 is 0 Å². The zero-order chi connectivity index (χ0) is 19.1. The summed E-state index contributed by atoms with van der Waals surface area (Å²) in [6.07, 6.45) is -2.07. The number of nitrogens with zero attached hydrogens (tertiary/aromatic N) is 1. The minimum absolute atomic E-state index is 0.0926. The van der Waals surface area contributed by atoms with Gasteiger partial charge in [-0.2, -0.15) is 0 Å². The molecule has 0 aliphatic carbocycles. The van der Waals surface area contributed by atoms with Crippen LogP contribution >= 0.6 is 0 Å². The summed E-state index contributed by atoms with van der Waals surface area (Å²) in [5.41, 5.74) is 0.688. The van der Waals surface area contributed by atoms with Crippen molar-refractivity contribution in [3.8, 4) is 0 Å². The predicted molar refractivity (Wildman–Crippen MR) is 83.0 cm³/mol. The summed E-state index contributed by atoms with van der Waals surface area (Å²) in [6.45, 7) is -0.0926. The van der Waals surface area contributed by atoms with Gasteiger partial charge in [0.2, 0.25) is 0 Å². The fourth-order valence-corrected chi connectivity index (χ4v) is 2.09. The van der Waals surface area contributed by atoms with Crippen LogP contribution in [0.25, 0.3) is 0 Å². The molecule has 0 spiro atoms. The van der Waals surface area contributed by atoms with Crippen LogP contribution in [0.4, 0.5) is 4.79 Å². The van der Waals surface area contributed by atoms with E-state index in [1.807, 2.05) is 0 Å². The molecule has 0 bridgehead atoms. The Bertz CT molecular complexity index is 702. The Labute approximate surface area is 147 Å². The van der Waals surface area contributed by atoms with Crippen molar-refractivity contribution in [1.29, 1.82) is 0 Å². The standard InChI is InChI=1S/C16H16N2O8/c19-12-6-7-13(20)18(12)26-15(23)11(8-14(21)22)17-16(24)25-9-10-4-2-1-3-5-10/h1-5,11H,6-9H2,(H,17,24)(H,21,22). The Morgan fingerprint density at radius 2 is 1.73 bits per heavy atom. The van der Waals surface area contributed by atoms with Crippen LogP contribution in [-0.4, -0.2) is 46.1 Å². The Balaban J connectivity index is 1.94. The molecule has 26 heavy (non-hydrogen) atoms. The lowest BCUT2D eigenvalue weighted by molar-refractivity contribution is -0.199. The third-order valence-corrected chi connectivity index (χ3v) is 3.36. The fourth-order valence-electron chi connectivity index (χ4n) is 2.09. The zero-order valence-corrected chi connectivity index (χ0v) is 13.5. The molecule has 3 amide bonds. The summed E-state index contributed by atoms with van der Waals surface area (Å²) in [6, 6.07) is 7.05. The first-order chi connectivity index (χ1) is 12.4.